The van der Waals surface area contributed by atoms with Crippen molar-refractivity contribution in [3.8, 4) is 5.75 Å². The lowest BCUT2D eigenvalue weighted by atomic mass is 10.1. The lowest BCUT2D eigenvalue weighted by molar-refractivity contribution is -0.186. The fraction of sp³-hybridized carbons (Fsp3) is 0.471. The van der Waals surface area contributed by atoms with Gasteiger partial charge in [-0.25, -0.2) is 0 Å². The van der Waals surface area contributed by atoms with Crippen LogP contribution in [0.3, 0.4) is 0 Å². The number of carbonyl (C=O) groups excluding carboxylic acids is 3. The van der Waals surface area contributed by atoms with Gasteiger partial charge in [-0.15, -0.1) is 11.8 Å². The number of esters is 3. The van der Waals surface area contributed by atoms with Crippen molar-refractivity contribution in [2.45, 2.75) is 44.5 Å². The van der Waals surface area contributed by atoms with Crippen LogP contribution >= 0.6 is 34.4 Å². The highest BCUT2D eigenvalue weighted by Crippen LogP contribution is 2.35. The first-order valence-corrected chi connectivity index (χ1v) is 9.95. The molecule has 1 saturated heterocycles. The van der Waals surface area contributed by atoms with Crippen LogP contribution in [0.5, 0.6) is 5.75 Å². The highest BCUT2D eigenvalue weighted by molar-refractivity contribution is 14.1. The van der Waals surface area contributed by atoms with Crippen LogP contribution in [0.25, 0.3) is 0 Å². The summed E-state index contributed by atoms with van der Waals surface area (Å²) in [5.41, 5.74) is -0.619. The minimum Gasteiger partial charge on any atom is -0.475 e. The SMILES string of the molecule is CC(=O)O[C@H]1[C@H](OC(C)=O)CSC(Oc2ccccc2I)[C@@H]1OC(C)=O. The third-order valence-corrected chi connectivity index (χ3v) is 5.49. The molecule has 0 aliphatic carbocycles. The summed E-state index contributed by atoms with van der Waals surface area (Å²) in [4.78, 5) is 34.5. The number of hydrogen-bond donors (Lipinski definition) is 0. The molecule has 0 spiro atoms. The molecule has 26 heavy (non-hydrogen) atoms. The zero-order valence-corrected chi connectivity index (χ0v) is 17.4. The predicted octanol–water partition coefficient (Wildman–Crippen LogP) is 2.54. The molecule has 1 aliphatic heterocycles. The molecule has 4 atom stereocenters. The number of para-hydroxylation sites is 1. The summed E-state index contributed by atoms with van der Waals surface area (Å²) in [5.74, 6) is -0.665. The van der Waals surface area contributed by atoms with E-state index in [2.05, 4.69) is 22.6 Å². The molecule has 0 radical (unpaired) electrons. The van der Waals surface area contributed by atoms with Gasteiger partial charge in [0.2, 0.25) is 0 Å². The van der Waals surface area contributed by atoms with E-state index in [9.17, 15) is 14.4 Å². The highest BCUT2D eigenvalue weighted by Gasteiger charge is 2.47. The molecule has 0 amide bonds. The van der Waals surface area contributed by atoms with E-state index in [0.717, 1.165) is 3.57 Å². The van der Waals surface area contributed by atoms with Crippen molar-refractivity contribution in [2.24, 2.45) is 0 Å². The van der Waals surface area contributed by atoms with Crippen molar-refractivity contribution < 1.29 is 33.3 Å². The van der Waals surface area contributed by atoms with Crippen LogP contribution in [0.15, 0.2) is 24.3 Å². The van der Waals surface area contributed by atoms with E-state index in [1.807, 2.05) is 18.2 Å². The average molecular weight is 494 g/mol. The third-order valence-electron chi connectivity index (χ3n) is 3.38. The average Bonchev–Trinajstić information content (AvgIpc) is 2.53. The van der Waals surface area contributed by atoms with Crippen LogP contribution in [0.4, 0.5) is 0 Å². The van der Waals surface area contributed by atoms with Crippen molar-refractivity contribution in [3.63, 3.8) is 0 Å². The Morgan fingerprint density at radius 3 is 2.12 bits per heavy atom. The summed E-state index contributed by atoms with van der Waals surface area (Å²) >= 11 is 3.46. The van der Waals surface area contributed by atoms with Crippen LogP contribution in [0, 0.1) is 3.57 Å². The van der Waals surface area contributed by atoms with Gasteiger partial charge in [-0.2, -0.15) is 0 Å². The number of halogens is 1. The van der Waals surface area contributed by atoms with Gasteiger partial charge >= 0.3 is 17.9 Å². The van der Waals surface area contributed by atoms with Gasteiger partial charge in [0.05, 0.1) is 3.57 Å². The Labute approximate surface area is 169 Å². The highest BCUT2D eigenvalue weighted by atomic mass is 127. The van der Waals surface area contributed by atoms with Crippen molar-refractivity contribution in [1.82, 2.24) is 0 Å². The molecule has 1 aromatic carbocycles. The number of benzene rings is 1. The molecule has 0 bridgehead atoms. The van der Waals surface area contributed by atoms with Crippen LogP contribution in [-0.4, -0.2) is 47.4 Å². The predicted molar refractivity (Wildman–Crippen MR) is 103 cm³/mol. The van der Waals surface area contributed by atoms with E-state index >= 15 is 0 Å². The Bertz CT molecular complexity index is 681. The topological polar surface area (TPSA) is 88.1 Å². The second-order valence-corrected chi connectivity index (χ2v) is 7.84. The Morgan fingerprint density at radius 1 is 0.962 bits per heavy atom. The number of rotatable bonds is 5. The molecule has 0 N–H and O–H groups in total. The molecule has 0 saturated carbocycles. The standard InChI is InChI=1S/C17H19IO7S/c1-9(19)22-14-8-26-17(25-13-7-5-4-6-12(13)18)16(24-11(3)21)15(14)23-10(2)20/h4-7,14-17H,8H2,1-3H3/t14-,15+,16-,17?/m1/s1. The van der Waals surface area contributed by atoms with Crippen molar-refractivity contribution in [2.75, 3.05) is 5.75 Å². The summed E-state index contributed by atoms with van der Waals surface area (Å²) in [6.07, 6.45) is -2.61. The molecule has 1 aliphatic rings. The van der Waals surface area contributed by atoms with Crippen LogP contribution in [0.1, 0.15) is 20.8 Å². The fourth-order valence-corrected chi connectivity index (χ4v) is 4.20. The van der Waals surface area contributed by atoms with Gasteiger partial charge in [-0.05, 0) is 34.7 Å². The molecule has 9 heteroatoms. The normalized spacial score (nSPS) is 25.1. The molecule has 1 unspecified atom stereocenters. The zero-order valence-electron chi connectivity index (χ0n) is 14.5. The lowest BCUT2D eigenvalue weighted by Gasteiger charge is -2.40. The quantitative estimate of drug-likeness (QED) is 0.351. The number of thioether (sulfide) groups is 1. The molecule has 1 heterocycles. The fourth-order valence-electron chi connectivity index (χ4n) is 2.48. The molecular weight excluding hydrogens is 475 g/mol. The molecule has 7 nitrogen and oxygen atoms in total. The van der Waals surface area contributed by atoms with E-state index in [4.69, 9.17) is 18.9 Å². The summed E-state index contributed by atoms with van der Waals surface area (Å²) in [6.45, 7) is 3.77. The Kier molecular flexibility index (Phi) is 7.56. The zero-order chi connectivity index (χ0) is 19.3. The molecule has 1 aromatic rings. The van der Waals surface area contributed by atoms with E-state index < -0.39 is 41.7 Å². The van der Waals surface area contributed by atoms with Crippen LogP contribution in [0.2, 0.25) is 0 Å². The van der Waals surface area contributed by atoms with Gasteiger partial charge in [-0.3, -0.25) is 14.4 Å². The lowest BCUT2D eigenvalue weighted by Crippen LogP contribution is -2.55. The van der Waals surface area contributed by atoms with E-state index in [-0.39, 0.29) is 0 Å². The second-order valence-electron chi connectivity index (χ2n) is 5.55. The second kappa shape index (κ2) is 9.45. The van der Waals surface area contributed by atoms with Gasteiger partial charge < -0.3 is 18.9 Å². The van der Waals surface area contributed by atoms with E-state index in [1.165, 1.54) is 32.5 Å². The molecular formula is C17H19IO7S. The van der Waals surface area contributed by atoms with Crippen molar-refractivity contribution in [1.29, 1.82) is 0 Å². The van der Waals surface area contributed by atoms with Gasteiger partial charge in [0, 0.05) is 26.5 Å². The summed E-state index contributed by atoms with van der Waals surface area (Å²) in [7, 11) is 0. The largest absolute Gasteiger partial charge is 0.475 e. The Hall–Kier alpha value is -1.49. The Morgan fingerprint density at radius 2 is 1.54 bits per heavy atom. The van der Waals surface area contributed by atoms with Gasteiger partial charge in [0.1, 0.15) is 5.75 Å². The molecule has 1 fully saturated rings. The summed E-state index contributed by atoms with van der Waals surface area (Å²) < 4.78 is 22.9. The number of carbonyl (C=O) groups is 3. The first kappa shape index (κ1) is 20.8. The van der Waals surface area contributed by atoms with Gasteiger partial charge in [0.25, 0.3) is 0 Å². The smallest absolute Gasteiger partial charge is 0.303 e. The summed E-state index contributed by atoms with van der Waals surface area (Å²) in [5, 5.41) is 0. The van der Waals surface area contributed by atoms with Crippen molar-refractivity contribution >= 4 is 52.3 Å². The maximum absolute atomic E-state index is 11.6. The maximum atomic E-state index is 11.6. The van der Waals surface area contributed by atoms with Crippen LogP contribution in [-0.2, 0) is 28.6 Å². The van der Waals surface area contributed by atoms with E-state index in [1.54, 1.807) is 6.07 Å². The molecule has 142 valence electrons. The summed E-state index contributed by atoms with van der Waals surface area (Å²) in [6, 6.07) is 7.39. The number of ether oxygens (including phenoxy) is 4. The number of hydrogen-bond acceptors (Lipinski definition) is 8. The van der Waals surface area contributed by atoms with Crippen molar-refractivity contribution in [3.05, 3.63) is 27.8 Å². The first-order valence-electron chi connectivity index (χ1n) is 7.82. The minimum atomic E-state index is -0.951. The molecule has 0 aromatic heterocycles. The molecule has 2 rings (SSSR count). The van der Waals surface area contributed by atoms with E-state index in [0.29, 0.717) is 11.5 Å². The minimum absolute atomic E-state index is 0.337. The van der Waals surface area contributed by atoms with Gasteiger partial charge in [0.15, 0.2) is 23.7 Å². The van der Waals surface area contributed by atoms with Crippen LogP contribution < -0.4 is 4.74 Å². The first-order chi connectivity index (χ1) is 12.3. The monoisotopic (exact) mass is 494 g/mol. The maximum Gasteiger partial charge on any atom is 0.303 e. The van der Waals surface area contributed by atoms with Gasteiger partial charge in [-0.1, -0.05) is 12.1 Å². The Balaban J connectivity index is 2.29. The third kappa shape index (κ3) is 5.76.